The summed E-state index contributed by atoms with van der Waals surface area (Å²) in [6.45, 7) is 0.664. The molecule has 0 saturated heterocycles. The van der Waals surface area contributed by atoms with Crippen LogP contribution in [0.2, 0.25) is 0 Å². The number of carbonyl (C=O) groups excluding carboxylic acids is 1. The van der Waals surface area contributed by atoms with E-state index in [1.165, 1.54) is 5.56 Å². The number of benzene rings is 2. The average Bonchev–Trinajstić information content (AvgIpc) is 3.31. The average molecular weight is 380 g/mol. The topological polar surface area (TPSA) is 51.0 Å². The van der Waals surface area contributed by atoms with Gasteiger partial charge in [-0.15, -0.1) is 0 Å². The van der Waals surface area contributed by atoms with Gasteiger partial charge in [-0.1, -0.05) is 30.3 Å². The predicted octanol–water partition coefficient (Wildman–Crippen LogP) is 4.06. The van der Waals surface area contributed by atoms with Gasteiger partial charge in [-0.05, 0) is 65.9 Å². The van der Waals surface area contributed by atoms with Crippen molar-refractivity contribution in [3.8, 4) is 5.69 Å². The van der Waals surface area contributed by atoms with Gasteiger partial charge in [-0.3, -0.25) is 9.69 Å². The van der Waals surface area contributed by atoms with E-state index >= 15 is 0 Å². The molecule has 0 N–H and O–H groups in total. The van der Waals surface area contributed by atoms with Crippen LogP contribution in [0.3, 0.4) is 0 Å². The van der Waals surface area contributed by atoms with Gasteiger partial charge >= 0.3 is 0 Å². The molecule has 1 aliphatic rings. The standard InChI is InChI=1S/C24H20N4O/c29-24-22-17-19(16-18-6-9-21(10-7-18)28-14-3-13-26-28)5-8-20(22)11-15-27(24)23-4-1-2-12-25-23/h1-10,12-14,17H,11,15-16H2. The van der Waals surface area contributed by atoms with Gasteiger partial charge in [-0.2, -0.15) is 5.10 Å². The number of rotatable bonds is 4. The van der Waals surface area contributed by atoms with Crippen LogP contribution in [-0.2, 0) is 12.8 Å². The first-order valence-electron chi connectivity index (χ1n) is 9.71. The molecule has 1 amide bonds. The minimum atomic E-state index is 0.0285. The van der Waals surface area contributed by atoms with E-state index in [0.717, 1.165) is 35.2 Å². The van der Waals surface area contributed by atoms with E-state index in [2.05, 4.69) is 46.5 Å². The largest absolute Gasteiger partial charge is 0.292 e. The number of pyridine rings is 1. The van der Waals surface area contributed by atoms with Gasteiger partial charge in [-0.25, -0.2) is 9.67 Å². The second-order valence-corrected chi connectivity index (χ2v) is 7.18. The highest BCUT2D eigenvalue weighted by atomic mass is 16.2. The molecule has 4 aromatic rings. The summed E-state index contributed by atoms with van der Waals surface area (Å²) in [6, 6.07) is 22.2. The molecule has 0 unspecified atom stereocenters. The molecule has 2 aromatic carbocycles. The maximum Gasteiger partial charge on any atom is 0.259 e. The monoisotopic (exact) mass is 380 g/mol. The summed E-state index contributed by atoms with van der Waals surface area (Å²) in [5, 5.41) is 4.26. The summed E-state index contributed by atoms with van der Waals surface area (Å²) in [4.78, 5) is 19.2. The lowest BCUT2D eigenvalue weighted by Gasteiger charge is -2.28. The van der Waals surface area contributed by atoms with Crippen LogP contribution in [0.1, 0.15) is 27.0 Å². The maximum absolute atomic E-state index is 13.1. The predicted molar refractivity (Wildman–Crippen MR) is 112 cm³/mol. The molecule has 0 atom stereocenters. The van der Waals surface area contributed by atoms with Crippen LogP contribution in [0.4, 0.5) is 5.82 Å². The molecule has 5 nitrogen and oxygen atoms in total. The van der Waals surface area contributed by atoms with Crippen LogP contribution in [0.25, 0.3) is 5.69 Å². The van der Waals surface area contributed by atoms with Crippen LogP contribution >= 0.6 is 0 Å². The fourth-order valence-electron chi connectivity index (χ4n) is 3.79. The van der Waals surface area contributed by atoms with Crippen molar-refractivity contribution in [1.82, 2.24) is 14.8 Å². The third-order valence-corrected chi connectivity index (χ3v) is 5.29. The van der Waals surface area contributed by atoms with Crippen LogP contribution in [0, 0.1) is 0 Å². The quantitative estimate of drug-likeness (QED) is 0.536. The summed E-state index contributed by atoms with van der Waals surface area (Å²) in [6.07, 6.45) is 7.05. The Bertz CT molecular complexity index is 1140. The second-order valence-electron chi connectivity index (χ2n) is 7.18. The minimum absolute atomic E-state index is 0.0285. The molecule has 0 saturated carbocycles. The van der Waals surface area contributed by atoms with Gasteiger partial charge in [0.2, 0.25) is 0 Å². The maximum atomic E-state index is 13.1. The number of aromatic nitrogens is 3. The zero-order chi connectivity index (χ0) is 19.6. The van der Waals surface area contributed by atoms with Gasteiger partial charge in [0, 0.05) is 30.7 Å². The minimum Gasteiger partial charge on any atom is -0.292 e. The first-order valence-corrected chi connectivity index (χ1v) is 9.71. The molecule has 5 heteroatoms. The molecule has 0 spiro atoms. The summed E-state index contributed by atoms with van der Waals surface area (Å²) >= 11 is 0. The highest BCUT2D eigenvalue weighted by Gasteiger charge is 2.26. The fourth-order valence-corrected chi connectivity index (χ4v) is 3.79. The first kappa shape index (κ1) is 17.4. The van der Waals surface area contributed by atoms with Crippen molar-refractivity contribution in [2.45, 2.75) is 12.8 Å². The number of anilines is 1. The highest BCUT2D eigenvalue weighted by Crippen LogP contribution is 2.25. The van der Waals surface area contributed by atoms with Crippen LogP contribution in [0.5, 0.6) is 0 Å². The third kappa shape index (κ3) is 3.43. The lowest BCUT2D eigenvalue weighted by molar-refractivity contribution is 0.0979. The Labute approximate surface area is 169 Å². The summed E-state index contributed by atoms with van der Waals surface area (Å²) < 4.78 is 1.84. The van der Waals surface area contributed by atoms with Gasteiger partial charge in [0.25, 0.3) is 5.91 Å². The molecule has 3 heterocycles. The number of hydrogen-bond donors (Lipinski definition) is 0. The van der Waals surface area contributed by atoms with Crippen molar-refractivity contribution in [2.75, 3.05) is 11.4 Å². The van der Waals surface area contributed by atoms with E-state index in [-0.39, 0.29) is 5.91 Å². The van der Waals surface area contributed by atoms with Crippen molar-refractivity contribution in [1.29, 1.82) is 0 Å². The van der Waals surface area contributed by atoms with Gasteiger partial charge in [0.15, 0.2) is 0 Å². The first-order chi connectivity index (χ1) is 14.3. The molecule has 29 heavy (non-hydrogen) atoms. The molecular weight excluding hydrogens is 360 g/mol. The van der Waals surface area contributed by atoms with Crippen molar-refractivity contribution in [3.05, 3.63) is 108 Å². The Balaban J connectivity index is 1.38. The third-order valence-electron chi connectivity index (χ3n) is 5.29. The highest BCUT2D eigenvalue weighted by molar-refractivity contribution is 6.07. The summed E-state index contributed by atoms with van der Waals surface area (Å²) in [7, 11) is 0. The molecule has 0 radical (unpaired) electrons. The van der Waals surface area contributed by atoms with Crippen molar-refractivity contribution >= 4 is 11.7 Å². The van der Waals surface area contributed by atoms with Crippen LogP contribution in [-0.4, -0.2) is 27.2 Å². The smallest absolute Gasteiger partial charge is 0.259 e. The Morgan fingerprint density at radius 2 is 1.76 bits per heavy atom. The van der Waals surface area contributed by atoms with E-state index in [4.69, 9.17) is 0 Å². The molecule has 0 aliphatic carbocycles. The SMILES string of the molecule is O=C1c2cc(Cc3ccc(-n4cccn4)cc3)ccc2CCN1c1ccccn1. The Kier molecular flexibility index (Phi) is 4.41. The molecule has 2 aromatic heterocycles. The molecule has 1 aliphatic heterocycles. The number of nitrogens with zero attached hydrogens (tertiary/aromatic N) is 4. The van der Waals surface area contributed by atoms with Crippen molar-refractivity contribution in [3.63, 3.8) is 0 Å². The van der Waals surface area contributed by atoms with Crippen LogP contribution < -0.4 is 4.90 Å². The lowest BCUT2D eigenvalue weighted by atomic mass is 9.94. The van der Waals surface area contributed by atoms with Gasteiger partial charge in [0.1, 0.15) is 5.82 Å². The number of carbonyl (C=O) groups is 1. The van der Waals surface area contributed by atoms with E-state index in [0.29, 0.717) is 12.4 Å². The summed E-state index contributed by atoms with van der Waals surface area (Å²) in [5.74, 6) is 0.739. The van der Waals surface area contributed by atoms with E-state index in [1.54, 1.807) is 17.3 Å². The molecule has 0 fully saturated rings. The Morgan fingerprint density at radius 1 is 0.897 bits per heavy atom. The second kappa shape index (κ2) is 7.36. The fraction of sp³-hybridized carbons (Fsp3) is 0.125. The van der Waals surface area contributed by atoms with Crippen LogP contribution in [0.15, 0.2) is 85.3 Å². The normalized spacial score (nSPS) is 13.4. The lowest BCUT2D eigenvalue weighted by Crippen LogP contribution is -2.38. The number of hydrogen-bond acceptors (Lipinski definition) is 3. The molecular formula is C24H20N4O. The number of fused-ring (bicyclic) bond motifs is 1. The zero-order valence-electron chi connectivity index (χ0n) is 15.9. The van der Waals surface area contributed by atoms with Crippen molar-refractivity contribution < 1.29 is 4.79 Å². The number of amides is 1. The van der Waals surface area contributed by atoms with Gasteiger partial charge < -0.3 is 0 Å². The summed E-state index contributed by atoms with van der Waals surface area (Å²) in [5.41, 5.74) is 5.26. The molecule has 0 bridgehead atoms. The Hall–Kier alpha value is -3.73. The van der Waals surface area contributed by atoms with Gasteiger partial charge in [0.05, 0.1) is 5.69 Å². The molecule has 5 rings (SSSR count). The van der Waals surface area contributed by atoms with E-state index < -0.39 is 0 Å². The molecule has 142 valence electrons. The Morgan fingerprint density at radius 3 is 2.52 bits per heavy atom. The zero-order valence-corrected chi connectivity index (χ0v) is 15.9. The van der Waals surface area contributed by atoms with E-state index in [1.807, 2.05) is 41.2 Å². The van der Waals surface area contributed by atoms with Crippen molar-refractivity contribution in [2.24, 2.45) is 0 Å². The van der Waals surface area contributed by atoms with E-state index in [9.17, 15) is 4.79 Å².